The molecule has 1 aromatic rings. The molecule has 0 bridgehead atoms. The van der Waals surface area contributed by atoms with Gasteiger partial charge in [0.15, 0.2) is 5.15 Å². The predicted octanol–water partition coefficient (Wildman–Crippen LogP) is 4.08. The third-order valence-electron chi connectivity index (χ3n) is 3.31. The van der Waals surface area contributed by atoms with Crippen molar-refractivity contribution in [3.8, 4) is 5.88 Å². The van der Waals surface area contributed by atoms with Crippen LogP contribution >= 0.6 is 11.6 Å². The second kappa shape index (κ2) is 5.71. The van der Waals surface area contributed by atoms with Crippen molar-refractivity contribution in [2.75, 3.05) is 0 Å². The van der Waals surface area contributed by atoms with Gasteiger partial charge in [-0.3, -0.25) is 0 Å². The number of hydrogen-bond acceptors (Lipinski definition) is 3. The number of nitrogens with zero attached hydrogens (tertiary/aromatic N) is 2. The first-order chi connectivity index (χ1) is 9.27. The van der Waals surface area contributed by atoms with Crippen LogP contribution in [0.3, 0.4) is 0 Å². The molecule has 2 rings (SSSR count). The van der Waals surface area contributed by atoms with E-state index in [1.54, 1.807) is 0 Å². The molecule has 8 heteroatoms. The van der Waals surface area contributed by atoms with Crippen molar-refractivity contribution < 1.29 is 22.3 Å². The number of rotatable bonds is 2. The fourth-order valence-electron chi connectivity index (χ4n) is 2.24. The zero-order chi connectivity index (χ0) is 14.9. The van der Waals surface area contributed by atoms with Gasteiger partial charge in [-0.15, -0.1) is 0 Å². The summed E-state index contributed by atoms with van der Waals surface area (Å²) >= 11 is 5.56. The van der Waals surface area contributed by atoms with Crippen molar-refractivity contribution in [3.05, 3.63) is 16.8 Å². The molecule has 0 spiro atoms. The molecule has 3 nitrogen and oxygen atoms in total. The van der Waals surface area contributed by atoms with Crippen LogP contribution in [-0.4, -0.2) is 22.2 Å². The summed E-state index contributed by atoms with van der Waals surface area (Å²) in [6, 6.07) is 0. The average Bonchev–Trinajstić information content (AvgIpc) is 2.35. The minimum atomic E-state index is -4.18. The number of aromatic nitrogens is 2. The van der Waals surface area contributed by atoms with E-state index in [1.165, 1.54) is 6.92 Å². The highest BCUT2D eigenvalue weighted by Gasteiger charge is 2.42. The lowest BCUT2D eigenvalue weighted by Crippen LogP contribution is -2.32. The highest BCUT2D eigenvalue weighted by Crippen LogP contribution is 2.38. The smallest absolute Gasteiger partial charge is 0.391 e. The van der Waals surface area contributed by atoms with Gasteiger partial charge in [-0.1, -0.05) is 11.6 Å². The zero-order valence-corrected chi connectivity index (χ0v) is 11.4. The first kappa shape index (κ1) is 15.3. The Morgan fingerprint density at radius 3 is 2.30 bits per heavy atom. The van der Waals surface area contributed by atoms with Gasteiger partial charge in [-0.25, -0.2) is 4.98 Å². The molecular weight excluding hydrogens is 300 g/mol. The molecule has 20 heavy (non-hydrogen) atoms. The largest absolute Gasteiger partial charge is 0.472 e. The quantitative estimate of drug-likeness (QED) is 0.610. The van der Waals surface area contributed by atoms with Crippen LogP contribution in [0.15, 0.2) is 0 Å². The average molecular weight is 313 g/mol. The van der Waals surface area contributed by atoms with Crippen LogP contribution in [0.2, 0.25) is 5.15 Å². The summed E-state index contributed by atoms with van der Waals surface area (Å²) in [7, 11) is 0. The third-order valence-corrected chi connectivity index (χ3v) is 3.56. The fourth-order valence-corrected chi connectivity index (χ4v) is 2.45. The van der Waals surface area contributed by atoms with Gasteiger partial charge in [0.1, 0.15) is 11.9 Å². The second-order valence-corrected chi connectivity index (χ2v) is 5.17. The van der Waals surface area contributed by atoms with Crippen molar-refractivity contribution in [3.63, 3.8) is 0 Å². The number of halogens is 5. The lowest BCUT2D eigenvalue weighted by Gasteiger charge is -2.29. The second-order valence-electron chi connectivity index (χ2n) is 4.81. The Bertz CT molecular complexity index is 487. The van der Waals surface area contributed by atoms with Gasteiger partial charge in [-0.2, -0.15) is 22.5 Å². The third kappa shape index (κ3) is 3.50. The lowest BCUT2D eigenvalue weighted by molar-refractivity contribution is -0.185. The van der Waals surface area contributed by atoms with E-state index in [2.05, 4.69) is 9.97 Å². The maximum Gasteiger partial charge on any atom is 0.391 e. The normalized spacial score (nSPS) is 23.7. The molecule has 1 aromatic heterocycles. The van der Waals surface area contributed by atoms with Crippen LogP contribution in [0.4, 0.5) is 17.6 Å². The van der Waals surface area contributed by atoms with E-state index < -0.39 is 24.0 Å². The van der Waals surface area contributed by atoms with E-state index in [9.17, 15) is 17.6 Å². The minimum absolute atomic E-state index is 0.0203. The molecule has 0 amide bonds. The Kier molecular flexibility index (Phi) is 4.36. The molecular formula is C12H13ClF4N2O. The Labute approximate surface area is 118 Å². The summed E-state index contributed by atoms with van der Waals surface area (Å²) in [4.78, 5) is 7.40. The van der Waals surface area contributed by atoms with Crippen molar-refractivity contribution in [1.82, 2.24) is 9.97 Å². The van der Waals surface area contributed by atoms with E-state index in [1.807, 2.05) is 0 Å². The summed E-state index contributed by atoms with van der Waals surface area (Å²) in [6.07, 6.45) is -4.27. The van der Waals surface area contributed by atoms with Crippen molar-refractivity contribution in [2.45, 2.75) is 44.9 Å². The minimum Gasteiger partial charge on any atom is -0.472 e. The molecule has 1 aliphatic rings. The zero-order valence-electron chi connectivity index (χ0n) is 10.7. The monoisotopic (exact) mass is 312 g/mol. The fraction of sp³-hybridized carbons (Fsp3) is 0.667. The lowest BCUT2D eigenvalue weighted by atomic mass is 9.87. The van der Waals surface area contributed by atoms with E-state index in [0.29, 0.717) is 0 Å². The van der Waals surface area contributed by atoms with Crippen LogP contribution in [0.5, 0.6) is 5.88 Å². The van der Waals surface area contributed by atoms with Gasteiger partial charge >= 0.3 is 6.18 Å². The Morgan fingerprint density at radius 1 is 1.15 bits per heavy atom. The van der Waals surface area contributed by atoms with E-state index in [-0.39, 0.29) is 42.5 Å². The van der Waals surface area contributed by atoms with Gasteiger partial charge in [0.05, 0.1) is 5.92 Å². The molecule has 0 N–H and O–H groups in total. The van der Waals surface area contributed by atoms with Gasteiger partial charge in [0.25, 0.3) is 5.88 Å². The molecule has 0 radical (unpaired) electrons. The molecule has 1 heterocycles. The summed E-state index contributed by atoms with van der Waals surface area (Å²) in [5.41, 5.74) is 0. The van der Waals surface area contributed by atoms with E-state index in [4.69, 9.17) is 16.3 Å². The summed E-state index contributed by atoms with van der Waals surface area (Å²) in [5, 5.41) is -0.350. The van der Waals surface area contributed by atoms with Crippen LogP contribution in [-0.2, 0) is 0 Å². The van der Waals surface area contributed by atoms with Crippen molar-refractivity contribution in [2.24, 2.45) is 5.92 Å². The Morgan fingerprint density at radius 2 is 1.75 bits per heavy atom. The molecule has 0 unspecified atom stereocenters. The molecule has 0 atom stereocenters. The Hall–Kier alpha value is -1.11. The van der Waals surface area contributed by atoms with Crippen molar-refractivity contribution >= 4 is 11.6 Å². The van der Waals surface area contributed by atoms with Gasteiger partial charge < -0.3 is 4.74 Å². The SMILES string of the molecule is Cc1nc(Cl)c(F)c(OC2CCC(C(F)(F)F)CC2)n1. The standard InChI is InChI=1S/C12H13ClF4N2O/c1-6-18-10(13)9(14)11(19-6)20-8-4-2-7(3-5-8)12(15,16)17/h7-8H,2-5H2,1H3. The predicted molar refractivity (Wildman–Crippen MR) is 64.2 cm³/mol. The van der Waals surface area contributed by atoms with Gasteiger partial charge in [-0.05, 0) is 32.6 Å². The number of alkyl halides is 3. The highest BCUT2D eigenvalue weighted by atomic mass is 35.5. The Balaban J connectivity index is 2.00. The van der Waals surface area contributed by atoms with Crippen LogP contribution < -0.4 is 4.74 Å². The van der Waals surface area contributed by atoms with E-state index >= 15 is 0 Å². The molecule has 112 valence electrons. The molecule has 1 saturated carbocycles. The van der Waals surface area contributed by atoms with Gasteiger partial charge in [0, 0.05) is 0 Å². The molecule has 1 aliphatic carbocycles. The van der Waals surface area contributed by atoms with Crippen LogP contribution in [0.1, 0.15) is 31.5 Å². The number of hydrogen-bond donors (Lipinski definition) is 0. The number of aryl methyl sites for hydroxylation is 1. The highest BCUT2D eigenvalue weighted by molar-refractivity contribution is 6.29. The maximum absolute atomic E-state index is 13.6. The number of ether oxygens (including phenoxy) is 1. The first-order valence-electron chi connectivity index (χ1n) is 6.20. The topological polar surface area (TPSA) is 35.0 Å². The first-order valence-corrected chi connectivity index (χ1v) is 6.58. The molecule has 0 aliphatic heterocycles. The molecule has 0 saturated heterocycles. The van der Waals surface area contributed by atoms with Gasteiger partial charge in [0.2, 0.25) is 5.82 Å². The van der Waals surface area contributed by atoms with Crippen LogP contribution in [0.25, 0.3) is 0 Å². The summed E-state index contributed by atoms with van der Waals surface area (Å²) in [5.74, 6) is -2.23. The maximum atomic E-state index is 13.6. The summed E-state index contributed by atoms with van der Waals surface area (Å²) < 4.78 is 56.6. The molecule has 1 fully saturated rings. The van der Waals surface area contributed by atoms with Crippen molar-refractivity contribution in [1.29, 1.82) is 0 Å². The van der Waals surface area contributed by atoms with Crippen LogP contribution in [0, 0.1) is 18.7 Å². The van der Waals surface area contributed by atoms with E-state index in [0.717, 1.165) is 0 Å². The summed E-state index contributed by atoms with van der Waals surface area (Å²) in [6.45, 7) is 1.53. The molecule has 0 aromatic carbocycles.